The zero-order chi connectivity index (χ0) is 19.6. The van der Waals surface area contributed by atoms with Crippen LogP contribution in [0.3, 0.4) is 0 Å². The predicted molar refractivity (Wildman–Crippen MR) is 110 cm³/mol. The molecule has 150 valence electrons. The number of hydrogen-bond acceptors (Lipinski definition) is 6. The Labute approximate surface area is 170 Å². The number of carbonyl (C=O) groups is 1. The molecule has 6 nitrogen and oxygen atoms in total. The number of esters is 1. The number of methoxy groups -OCH3 is 1. The highest BCUT2D eigenvalue weighted by molar-refractivity contribution is 6.10. The van der Waals surface area contributed by atoms with Crippen LogP contribution in [0, 0.1) is 0 Å². The second-order valence-corrected chi connectivity index (χ2v) is 6.43. The maximum Gasteiger partial charge on any atom is 0.342 e. The van der Waals surface area contributed by atoms with Crippen LogP contribution >= 0.6 is 12.4 Å². The molecule has 3 rings (SSSR count). The summed E-state index contributed by atoms with van der Waals surface area (Å²) in [5.41, 5.74) is 2.21. The van der Waals surface area contributed by atoms with Crippen LogP contribution in [-0.2, 0) is 11.3 Å². The third-order valence-electron chi connectivity index (χ3n) is 4.25. The van der Waals surface area contributed by atoms with Crippen molar-refractivity contribution in [2.24, 2.45) is 0 Å². The lowest BCUT2D eigenvalue weighted by Gasteiger charge is -2.13. The van der Waals surface area contributed by atoms with E-state index in [2.05, 4.69) is 0 Å². The number of ether oxygens (including phenoxy) is 2. The highest BCUT2D eigenvalue weighted by Gasteiger charge is 2.26. The topological polar surface area (TPSA) is 72.1 Å². The normalized spacial score (nSPS) is 10.8. The summed E-state index contributed by atoms with van der Waals surface area (Å²) in [7, 11) is 5.39. The number of rotatable bonds is 6. The maximum atomic E-state index is 12.8. The van der Waals surface area contributed by atoms with E-state index >= 15 is 0 Å². The number of carbonyl (C=O) groups excluding carboxylic acids is 1. The van der Waals surface area contributed by atoms with Gasteiger partial charge < -0.3 is 23.9 Å². The number of furan rings is 1. The molecule has 1 heterocycles. The van der Waals surface area contributed by atoms with Crippen molar-refractivity contribution < 1.29 is 23.8 Å². The van der Waals surface area contributed by atoms with Gasteiger partial charge in [0.2, 0.25) is 0 Å². The molecular formula is C21H24ClNO5. The minimum absolute atomic E-state index is 0. The van der Waals surface area contributed by atoms with Crippen molar-refractivity contribution in [1.29, 1.82) is 0 Å². The molecule has 0 radical (unpaired) electrons. The molecular weight excluding hydrogens is 382 g/mol. The van der Waals surface area contributed by atoms with Gasteiger partial charge in [0, 0.05) is 23.1 Å². The first-order valence-corrected chi connectivity index (χ1v) is 8.69. The third kappa shape index (κ3) is 4.08. The first-order valence-electron chi connectivity index (χ1n) is 8.69. The number of phenolic OH excluding ortho intramolecular Hbond substituents is 1. The number of nitrogens with zero attached hydrogens (tertiary/aromatic N) is 1. The van der Waals surface area contributed by atoms with Gasteiger partial charge in [0.1, 0.15) is 28.4 Å². The number of fused-ring (bicyclic) bond motifs is 1. The van der Waals surface area contributed by atoms with Gasteiger partial charge in [-0.15, -0.1) is 12.4 Å². The van der Waals surface area contributed by atoms with E-state index in [0.717, 1.165) is 5.56 Å². The summed E-state index contributed by atoms with van der Waals surface area (Å²) in [6.07, 6.45) is 0. The molecule has 7 heteroatoms. The fraction of sp³-hybridized carbons (Fsp3) is 0.286. The molecule has 0 aliphatic carbocycles. The number of phenols is 1. The minimum Gasteiger partial charge on any atom is -0.508 e. The second-order valence-electron chi connectivity index (χ2n) is 6.43. The van der Waals surface area contributed by atoms with E-state index in [0.29, 0.717) is 40.2 Å². The molecule has 0 aliphatic rings. The Morgan fingerprint density at radius 1 is 1.14 bits per heavy atom. The van der Waals surface area contributed by atoms with E-state index < -0.39 is 5.97 Å². The highest BCUT2D eigenvalue weighted by atomic mass is 35.5. The van der Waals surface area contributed by atoms with Crippen LogP contribution in [-0.4, -0.2) is 43.8 Å². The number of hydrogen-bond donors (Lipinski definition) is 1. The highest BCUT2D eigenvalue weighted by Crippen LogP contribution is 2.39. The molecule has 0 bridgehead atoms. The van der Waals surface area contributed by atoms with Gasteiger partial charge in [-0.3, -0.25) is 0 Å². The van der Waals surface area contributed by atoms with E-state index in [1.165, 1.54) is 0 Å². The largest absolute Gasteiger partial charge is 0.508 e. The van der Waals surface area contributed by atoms with Crippen molar-refractivity contribution in [2.45, 2.75) is 13.5 Å². The SMILES string of the molecule is CCOC(=O)c1c(-c2ccc(OC)cc2)oc2ccc(O)c(CN(C)C)c12.Cl. The average molecular weight is 406 g/mol. The van der Waals surface area contributed by atoms with E-state index in [4.69, 9.17) is 13.9 Å². The van der Waals surface area contributed by atoms with Crippen LogP contribution < -0.4 is 4.74 Å². The first kappa shape index (κ1) is 21.6. The zero-order valence-corrected chi connectivity index (χ0v) is 17.1. The molecule has 0 fully saturated rings. The molecule has 1 aromatic heterocycles. The van der Waals surface area contributed by atoms with Crippen molar-refractivity contribution >= 4 is 29.3 Å². The van der Waals surface area contributed by atoms with E-state index in [-0.39, 0.29) is 24.8 Å². The lowest BCUT2D eigenvalue weighted by molar-refractivity contribution is 0.0528. The number of halogens is 1. The molecule has 0 saturated heterocycles. The summed E-state index contributed by atoms with van der Waals surface area (Å²) >= 11 is 0. The van der Waals surface area contributed by atoms with Gasteiger partial charge in [0.15, 0.2) is 0 Å². The Hall–Kier alpha value is -2.70. The van der Waals surface area contributed by atoms with Gasteiger partial charge in [-0.2, -0.15) is 0 Å². The van der Waals surface area contributed by atoms with Crippen LogP contribution in [0.4, 0.5) is 0 Å². The van der Waals surface area contributed by atoms with Gasteiger partial charge >= 0.3 is 5.97 Å². The van der Waals surface area contributed by atoms with Gasteiger partial charge in [-0.1, -0.05) is 0 Å². The molecule has 1 N–H and O–H groups in total. The molecule has 28 heavy (non-hydrogen) atoms. The van der Waals surface area contributed by atoms with Crippen LogP contribution in [0.1, 0.15) is 22.8 Å². The van der Waals surface area contributed by atoms with Gasteiger partial charge in [0.05, 0.1) is 13.7 Å². The summed E-state index contributed by atoms with van der Waals surface area (Å²) in [5.74, 6) is 0.756. The first-order chi connectivity index (χ1) is 13.0. The smallest absolute Gasteiger partial charge is 0.342 e. The molecule has 0 aliphatic heterocycles. The van der Waals surface area contributed by atoms with Gasteiger partial charge in [-0.05, 0) is 57.4 Å². The quantitative estimate of drug-likeness (QED) is 0.610. The monoisotopic (exact) mass is 405 g/mol. The van der Waals surface area contributed by atoms with E-state index in [1.54, 1.807) is 38.3 Å². The minimum atomic E-state index is -0.479. The van der Waals surface area contributed by atoms with Crippen molar-refractivity contribution in [3.63, 3.8) is 0 Å². The molecule has 3 aromatic rings. The summed E-state index contributed by atoms with van der Waals surface area (Å²) in [5, 5.41) is 11.0. The van der Waals surface area contributed by atoms with Crippen molar-refractivity contribution in [1.82, 2.24) is 4.90 Å². The summed E-state index contributed by atoms with van der Waals surface area (Å²) in [4.78, 5) is 14.7. The van der Waals surface area contributed by atoms with Crippen LogP contribution in [0.25, 0.3) is 22.3 Å². The standard InChI is InChI=1S/C21H23NO5.ClH/c1-5-26-21(24)19-18-15(12-22(2)3)16(23)10-11-17(18)27-20(19)13-6-8-14(25-4)9-7-13;/h6-11,23H,5,12H2,1-4H3;1H. The van der Waals surface area contributed by atoms with Gasteiger partial charge in [-0.25, -0.2) is 4.79 Å². The Morgan fingerprint density at radius 2 is 1.82 bits per heavy atom. The van der Waals surface area contributed by atoms with Gasteiger partial charge in [0.25, 0.3) is 0 Å². The van der Waals surface area contributed by atoms with Crippen LogP contribution in [0.15, 0.2) is 40.8 Å². The summed E-state index contributed by atoms with van der Waals surface area (Å²) < 4.78 is 16.5. The van der Waals surface area contributed by atoms with Crippen LogP contribution in [0.5, 0.6) is 11.5 Å². The Kier molecular flexibility index (Phi) is 6.94. The molecule has 0 unspecified atom stereocenters. The molecule has 0 atom stereocenters. The van der Waals surface area contributed by atoms with Crippen molar-refractivity contribution in [2.75, 3.05) is 27.8 Å². The fourth-order valence-electron chi connectivity index (χ4n) is 3.07. The van der Waals surface area contributed by atoms with Crippen LogP contribution in [0.2, 0.25) is 0 Å². The Balaban J connectivity index is 0.00000280. The average Bonchev–Trinajstić information content (AvgIpc) is 3.04. The molecule has 0 amide bonds. The van der Waals surface area contributed by atoms with E-state index in [1.807, 2.05) is 31.1 Å². The second kappa shape index (κ2) is 8.99. The Morgan fingerprint density at radius 3 is 2.39 bits per heavy atom. The molecule has 0 saturated carbocycles. The molecule has 2 aromatic carbocycles. The van der Waals surface area contributed by atoms with Crippen molar-refractivity contribution in [3.8, 4) is 22.8 Å². The lowest BCUT2D eigenvalue weighted by atomic mass is 10.0. The van der Waals surface area contributed by atoms with Crippen molar-refractivity contribution in [3.05, 3.63) is 47.5 Å². The molecule has 0 spiro atoms. The predicted octanol–water partition coefficient (Wildman–Crippen LogP) is 4.47. The number of benzene rings is 2. The Bertz CT molecular complexity index is 963. The van der Waals surface area contributed by atoms with E-state index in [9.17, 15) is 9.90 Å². The third-order valence-corrected chi connectivity index (χ3v) is 4.25. The summed E-state index contributed by atoms with van der Waals surface area (Å²) in [6.45, 7) is 2.46. The fourth-order valence-corrected chi connectivity index (χ4v) is 3.07. The number of aromatic hydroxyl groups is 1. The zero-order valence-electron chi connectivity index (χ0n) is 16.3. The lowest BCUT2D eigenvalue weighted by Crippen LogP contribution is -2.12. The maximum absolute atomic E-state index is 12.8. The summed E-state index contributed by atoms with van der Waals surface area (Å²) in [6, 6.07) is 10.5.